The predicted molar refractivity (Wildman–Crippen MR) is 93.3 cm³/mol. The molecule has 1 aromatic rings. The first-order chi connectivity index (χ1) is 11.0. The molecule has 0 saturated carbocycles. The maximum atomic E-state index is 11.8. The van der Waals surface area contributed by atoms with Gasteiger partial charge < -0.3 is 16.0 Å². The third-order valence-corrected chi connectivity index (χ3v) is 4.36. The Kier molecular flexibility index (Phi) is 6.02. The van der Waals surface area contributed by atoms with Crippen molar-refractivity contribution in [3.8, 4) is 0 Å². The molecule has 0 bridgehead atoms. The van der Waals surface area contributed by atoms with Crippen molar-refractivity contribution in [2.24, 2.45) is 17.6 Å². The van der Waals surface area contributed by atoms with Crippen LogP contribution in [0.25, 0.3) is 0 Å². The molecule has 5 heteroatoms. The molecule has 0 aliphatic carbocycles. The van der Waals surface area contributed by atoms with E-state index in [1.807, 2.05) is 24.3 Å². The average molecular weight is 317 g/mol. The monoisotopic (exact) mass is 317 g/mol. The fourth-order valence-electron chi connectivity index (χ4n) is 2.82. The van der Waals surface area contributed by atoms with Crippen LogP contribution in [0.5, 0.6) is 0 Å². The molecule has 0 atom stereocenters. The summed E-state index contributed by atoms with van der Waals surface area (Å²) in [6.07, 6.45) is 3.07. The Morgan fingerprint density at radius 2 is 1.83 bits per heavy atom. The average Bonchev–Trinajstić information content (AvgIpc) is 2.54. The van der Waals surface area contributed by atoms with Crippen LogP contribution in [0.3, 0.4) is 0 Å². The second-order valence-corrected chi connectivity index (χ2v) is 6.69. The van der Waals surface area contributed by atoms with Gasteiger partial charge in [-0.3, -0.25) is 9.59 Å². The fourth-order valence-corrected chi connectivity index (χ4v) is 2.82. The van der Waals surface area contributed by atoms with E-state index in [2.05, 4.69) is 24.1 Å². The summed E-state index contributed by atoms with van der Waals surface area (Å²) in [5, 5.41) is 2.93. The second kappa shape index (κ2) is 7.99. The topological polar surface area (TPSA) is 75.4 Å². The van der Waals surface area contributed by atoms with Crippen molar-refractivity contribution >= 4 is 23.2 Å². The third kappa shape index (κ3) is 5.27. The van der Waals surface area contributed by atoms with E-state index in [1.165, 1.54) is 0 Å². The minimum atomic E-state index is -0.191. The molecular weight excluding hydrogens is 290 g/mol. The number of amides is 2. The SMILES string of the molecule is CC(C)CCC(=O)Nc1ccc(N2CCC(C(N)=O)CC2)cc1. The van der Waals surface area contributed by atoms with Gasteiger partial charge in [-0.25, -0.2) is 0 Å². The van der Waals surface area contributed by atoms with E-state index < -0.39 is 0 Å². The van der Waals surface area contributed by atoms with Crippen molar-refractivity contribution in [2.45, 2.75) is 39.5 Å². The van der Waals surface area contributed by atoms with Crippen LogP contribution < -0.4 is 16.0 Å². The smallest absolute Gasteiger partial charge is 0.224 e. The molecule has 0 spiro atoms. The zero-order valence-electron chi connectivity index (χ0n) is 14.0. The normalized spacial score (nSPS) is 15.7. The predicted octanol–water partition coefficient (Wildman–Crippen LogP) is 2.76. The number of piperidine rings is 1. The van der Waals surface area contributed by atoms with Gasteiger partial charge in [0.1, 0.15) is 0 Å². The highest BCUT2D eigenvalue weighted by Gasteiger charge is 2.23. The standard InChI is InChI=1S/C18H27N3O2/c1-13(2)3-8-17(22)20-15-4-6-16(7-5-15)21-11-9-14(10-12-21)18(19)23/h4-7,13-14H,3,8-12H2,1-2H3,(H2,19,23)(H,20,22). The number of rotatable bonds is 6. The van der Waals surface area contributed by atoms with E-state index in [1.54, 1.807) is 0 Å². The Balaban J connectivity index is 1.85. The number of nitrogens with one attached hydrogen (secondary N) is 1. The highest BCUT2D eigenvalue weighted by Crippen LogP contribution is 2.24. The van der Waals surface area contributed by atoms with Crippen molar-refractivity contribution in [1.82, 2.24) is 0 Å². The lowest BCUT2D eigenvalue weighted by molar-refractivity contribution is -0.122. The van der Waals surface area contributed by atoms with Crippen LogP contribution in [-0.2, 0) is 9.59 Å². The van der Waals surface area contributed by atoms with Crippen LogP contribution in [0.1, 0.15) is 39.5 Å². The minimum absolute atomic E-state index is 0.00534. The minimum Gasteiger partial charge on any atom is -0.371 e. The molecule has 0 aromatic heterocycles. The molecule has 2 rings (SSSR count). The fraction of sp³-hybridized carbons (Fsp3) is 0.556. The van der Waals surface area contributed by atoms with Gasteiger partial charge in [0, 0.05) is 36.8 Å². The molecule has 23 heavy (non-hydrogen) atoms. The van der Waals surface area contributed by atoms with Crippen LogP contribution >= 0.6 is 0 Å². The highest BCUT2D eigenvalue weighted by molar-refractivity contribution is 5.90. The number of hydrogen-bond donors (Lipinski definition) is 2. The van der Waals surface area contributed by atoms with Gasteiger partial charge in [0.05, 0.1) is 0 Å². The Morgan fingerprint density at radius 3 is 2.35 bits per heavy atom. The Hall–Kier alpha value is -2.04. The van der Waals surface area contributed by atoms with Gasteiger partial charge in [-0.05, 0) is 49.4 Å². The number of hydrogen-bond acceptors (Lipinski definition) is 3. The van der Waals surface area contributed by atoms with Crippen molar-refractivity contribution in [3.05, 3.63) is 24.3 Å². The zero-order chi connectivity index (χ0) is 16.8. The molecule has 126 valence electrons. The van der Waals surface area contributed by atoms with Crippen molar-refractivity contribution in [1.29, 1.82) is 0 Å². The highest BCUT2D eigenvalue weighted by atomic mass is 16.2. The molecule has 1 aliphatic rings. The van der Waals surface area contributed by atoms with Crippen LogP contribution in [0, 0.1) is 11.8 Å². The van der Waals surface area contributed by atoms with Crippen molar-refractivity contribution in [3.63, 3.8) is 0 Å². The van der Waals surface area contributed by atoms with E-state index >= 15 is 0 Å². The van der Waals surface area contributed by atoms with Crippen LogP contribution in [-0.4, -0.2) is 24.9 Å². The summed E-state index contributed by atoms with van der Waals surface area (Å²) < 4.78 is 0. The summed E-state index contributed by atoms with van der Waals surface area (Å²) in [5.41, 5.74) is 7.31. The zero-order valence-corrected chi connectivity index (χ0v) is 14.0. The second-order valence-electron chi connectivity index (χ2n) is 6.69. The van der Waals surface area contributed by atoms with Gasteiger partial charge >= 0.3 is 0 Å². The quantitative estimate of drug-likeness (QED) is 0.847. The molecule has 1 fully saturated rings. The summed E-state index contributed by atoms with van der Waals surface area (Å²) in [6.45, 7) is 5.91. The number of carbonyl (C=O) groups excluding carboxylic acids is 2. The maximum absolute atomic E-state index is 11.8. The van der Waals surface area contributed by atoms with E-state index in [0.717, 1.165) is 43.7 Å². The van der Waals surface area contributed by atoms with Gasteiger partial charge in [0.25, 0.3) is 0 Å². The van der Waals surface area contributed by atoms with Crippen LogP contribution in [0.4, 0.5) is 11.4 Å². The van der Waals surface area contributed by atoms with Crippen molar-refractivity contribution in [2.75, 3.05) is 23.3 Å². The summed E-state index contributed by atoms with van der Waals surface area (Å²) in [4.78, 5) is 25.3. The maximum Gasteiger partial charge on any atom is 0.224 e. The molecule has 0 radical (unpaired) electrons. The van der Waals surface area contributed by atoms with Crippen LogP contribution in [0.15, 0.2) is 24.3 Å². The van der Waals surface area contributed by atoms with Crippen molar-refractivity contribution < 1.29 is 9.59 Å². The van der Waals surface area contributed by atoms with Crippen LogP contribution in [0.2, 0.25) is 0 Å². The number of carbonyl (C=O) groups is 2. The summed E-state index contributed by atoms with van der Waals surface area (Å²) in [7, 11) is 0. The molecule has 2 amide bonds. The molecular formula is C18H27N3O2. The third-order valence-electron chi connectivity index (χ3n) is 4.36. The number of anilines is 2. The molecule has 1 saturated heterocycles. The lowest BCUT2D eigenvalue weighted by Gasteiger charge is -2.32. The molecule has 1 aliphatic heterocycles. The molecule has 3 N–H and O–H groups in total. The van der Waals surface area contributed by atoms with Gasteiger partial charge in [0.2, 0.25) is 11.8 Å². The number of benzene rings is 1. The summed E-state index contributed by atoms with van der Waals surface area (Å²) in [5.74, 6) is 0.412. The number of nitrogens with two attached hydrogens (primary N) is 1. The number of nitrogens with zero attached hydrogens (tertiary/aromatic N) is 1. The van der Waals surface area contributed by atoms with E-state index in [4.69, 9.17) is 5.73 Å². The molecule has 1 heterocycles. The van der Waals surface area contributed by atoms with Gasteiger partial charge in [0.15, 0.2) is 0 Å². The largest absolute Gasteiger partial charge is 0.371 e. The van der Waals surface area contributed by atoms with Gasteiger partial charge in [-0.15, -0.1) is 0 Å². The van der Waals surface area contributed by atoms with E-state index in [-0.39, 0.29) is 17.7 Å². The first-order valence-corrected chi connectivity index (χ1v) is 8.40. The Bertz CT molecular complexity index is 532. The lowest BCUT2D eigenvalue weighted by atomic mass is 9.96. The molecule has 0 unspecified atom stereocenters. The summed E-state index contributed by atoms with van der Waals surface area (Å²) in [6, 6.07) is 7.90. The first kappa shape index (κ1) is 17.3. The van der Waals surface area contributed by atoms with E-state index in [0.29, 0.717) is 12.3 Å². The van der Waals surface area contributed by atoms with E-state index in [9.17, 15) is 9.59 Å². The van der Waals surface area contributed by atoms with Gasteiger partial charge in [-0.2, -0.15) is 0 Å². The Labute approximate surface area is 138 Å². The first-order valence-electron chi connectivity index (χ1n) is 8.40. The summed E-state index contributed by atoms with van der Waals surface area (Å²) >= 11 is 0. The lowest BCUT2D eigenvalue weighted by Crippen LogP contribution is -2.38. The van der Waals surface area contributed by atoms with Gasteiger partial charge in [-0.1, -0.05) is 13.8 Å². The Morgan fingerprint density at radius 1 is 1.22 bits per heavy atom. The number of primary amides is 1. The molecule has 5 nitrogen and oxygen atoms in total. The molecule has 1 aromatic carbocycles.